The van der Waals surface area contributed by atoms with Gasteiger partial charge < -0.3 is 9.84 Å². The van der Waals surface area contributed by atoms with E-state index in [-0.39, 0.29) is 6.61 Å². The van der Waals surface area contributed by atoms with Crippen molar-refractivity contribution >= 4 is 8.25 Å². The van der Waals surface area contributed by atoms with Crippen molar-refractivity contribution < 1.29 is 23.8 Å². The third-order valence-electron chi connectivity index (χ3n) is 4.05. The van der Waals surface area contributed by atoms with Gasteiger partial charge in [-0.05, 0) is 64.2 Å². The maximum Gasteiger partial charge on any atom is 0.695 e. The summed E-state index contributed by atoms with van der Waals surface area (Å²) in [5.41, 5.74) is -0.246. The number of rotatable bonds is 15. The maximum atomic E-state index is 10.7. The van der Waals surface area contributed by atoms with E-state index >= 15 is 0 Å². The van der Waals surface area contributed by atoms with Crippen LogP contribution >= 0.6 is 8.25 Å². The summed E-state index contributed by atoms with van der Waals surface area (Å²) in [4.78, 5) is 8.77. The summed E-state index contributed by atoms with van der Waals surface area (Å²) in [5.74, 6) is 0. The topological polar surface area (TPSA) is 76.0 Å². The number of unbranched alkanes of at least 4 members (excludes halogenated alkanes) is 2. The zero-order valence-corrected chi connectivity index (χ0v) is 16.2. The second kappa shape index (κ2) is 12.3. The van der Waals surface area contributed by atoms with E-state index in [2.05, 4.69) is 13.8 Å². The van der Waals surface area contributed by atoms with Gasteiger partial charge in [-0.1, -0.05) is 20.3 Å². The summed E-state index contributed by atoms with van der Waals surface area (Å²) in [6, 6.07) is 0. The molecule has 6 heteroatoms. The van der Waals surface area contributed by atoms with Gasteiger partial charge in [0.05, 0.1) is 0 Å². The first kappa shape index (κ1) is 22.9. The van der Waals surface area contributed by atoms with Crippen molar-refractivity contribution in [3.8, 4) is 0 Å². The molecule has 0 aliphatic heterocycles. The highest BCUT2D eigenvalue weighted by atomic mass is 31.1. The van der Waals surface area contributed by atoms with Gasteiger partial charge in [-0.2, -0.15) is 0 Å². The van der Waals surface area contributed by atoms with Crippen LogP contribution in [0.1, 0.15) is 79.1 Å². The SMILES string of the molecule is CC(C)(CCCO)CCCCOCCCCC(C)(C)O[P+](=O)O. The minimum atomic E-state index is -2.53. The van der Waals surface area contributed by atoms with Gasteiger partial charge in [0.1, 0.15) is 5.60 Å². The normalized spacial score (nSPS) is 13.4. The first-order valence-corrected chi connectivity index (χ1v) is 9.85. The molecule has 0 fully saturated rings. The number of aliphatic hydroxyl groups excluding tert-OH is 1. The van der Waals surface area contributed by atoms with E-state index in [1.165, 1.54) is 6.42 Å². The molecule has 138 valence electrons. The lowest BCUT2D eigenvalue weighted by Crippen LogP contribution is -2.21. The zero-order chi connectivity index (χ0) is 17.8. The van der Waals surface area contributed by atoms with Crippen molar-refractivity contribution in [3.05, 3.63) is 0 Å². The minimum Gasteiger partial charge on any atom is -0.396 e. The fraction of sp³-hybridized carbons (Fsp3) is 1.00. The standard InChI is InChI=1S/C17H35O5P/c1-16(2,11-9-13-18)10-5-7-14-21-15-8-6-12-17(3,4)22-23(19)20/h18H,5-15H2,1-4H3/p+1. The molecule has 2 N–H and O–H groups in total. The lowest BCUT2D eigenvalue weighted by molar-refractivity contribution is 0.0823. The van der Waals surface area contributed by atoms with Crippen molar-refractivity contribution in [2.24, 2.45) is 5.41 Å². The second-order valence-corrected chi connectivity index (χ2v) is 8.27. The number of hydrogen-bond donors (Lipinski definition) is 2. The highest BCUT2D eigenvalue weighted by molar-refractivity contribution is 7.32. The number of aliphatic hydroxyl groups is 1. The second-order valence-electron chi connectivity index (χ2n) is 7.61. The Kier molecular flexibility index (Phi) is 12.3. The molecule has 0 aliphatic rings. The smallest absolute Gasteiger partial charge is 0.396 e. The molecule has 1 atom stereocenters. The Labute approximate surface area is 142 Å². The van der Waals surface area contributed by atoms with Gasteiger partial charge in [0.15, 0.2) is 0 Å². The third-order valence-corrected chi connectivity index (χ3v) is 4.70. The van der Waals surface area contributed by atoms with Gasteiger partial charge in [0.2, 0.25) is 0 Å². The molecule has 0 aromatic carbocycles. The summed E-state index contributed by atoms with van der Waals surface area (Å²) in [6.45, 7) is 9.98. The maximum absolute atomic E-state index is 10.7. The molecule has 0 bridgehead atoms. The Morgan fingerprint density at radius 1 is 0.870 bits per heavy atom. The van der Waals surface area contributed by atoms with Crippen molar-refractivity contribution in [2.45, 2.75) is 84.7 Å². The van der Waals surface area contributed by atoms with Crippen LogP contribution in [-0.2, 0) is 13.8 Å². The van der Waals surface area contributed by atoms with Crippen LogP contribution in [0.2, 0.25) is 0 Å². The molecule has 0 heterocycles. The number of hydrogen-bond acceptors (Lipinski definition) is 4. The molecular weight excluding hydrogens is 315 g/mol. The van der Waals surface area contributed by atoms with E-state index in [0.717, 1.165) is 58.2 Å². The molecule has 0 aromatic heterocycles. The van der Waals surface area contributed by atoms with E-state index in [1.54, 1.807) is 0 Å². The quantitative estimate of drug-likeness (QED) is 0.333. The lowest BCUT2D eigenvalue weighted by Gasteiger charge is -2.24. The van der Waals surface area contributed by atoms with Crippen LogP contribution in [0.4, 0.5) is 0 Å². The van der Waals surface area contributed by atoms with Gasteiger partial charge in [0.25, 0.3) is 0 Å². The number of ether oxygens (including phenoxy) is 1. The molecule has 0 amide bonds. The first-order valence-electron chi connectivity index (χ1n) is 8.72. The molecule has 5 nitrogen and oxygen atoms in total. The highest BCUT2D eigenvalue weighted by Gasteiger charge is 2.30. The van der Waals surface area contributed by atoms with Crippen LogP contribution in [0.5, 0.6) is 0 Å². The monoisotopic (exact) mass is 351 g/mol. The third kappa shape index (κ3) is 15.2. The average Bonchev–Trinajstić information content (AvgIpc) is 2.42. The molecule has 0 aliphatic carbocycles. The van der Waals surface area contributed by atoms with Gasteiger partial charge in [-0.25, -0.2) is 0 Å². The van der Waals surface area contributed by atoms with Crippen LogP contribution in [-0.4, -0.2) is 35.4 Å². The lowest BCUT2D eigenvalue weighted by atomic mass is 9.83. The van der Waals surface area contributed by atoms with Crippen LogP contribution in [0.25, 0.3) is 0 Å². The van der Waals surface area contributed by atoms with Crippen LogP contribution < -0.4 is 0 Å². The molecule has 0 saturated heterocycles. The minimum absolute atomic E-state index is 0.281. The first-order chi connectivity index (χ1) is 10.7. The zero-order valence-electron chi connectivity index (χ0n) is 15.3. The Balaban J connectivity index is 3.48. The highest BCUT2D eigenvalue weighted by Crippen LogP contribution is 2.30. The summed E-state index contributed by atoms with van der Waals surface area (Å²) in [6.07, 6.45) is 7.96. The Morgan fingerprint density at radius 3 is 1.91 bits per heavy atom. The van der Waals surface area contributed by atoms with E-state index < -0.39 is 13.9 Å². The van der Waals surface area contributed by atoms with E-state index in [0.29, 0.717) is 5.41 Å². The Hall–Kier alpha value is -0.0600. The predicted octanol–water partition coefficient (Wildman–Crippen LogP) is 4.59. The fourth-order valence-corrected chi connectivity index (χ4v) is 3.12. The van der Waals surface area contributed by atoms with E-state index in [9.17, 15) is 4.57 Å². The van der Waals surface area contributed by atoms with Crippen LogP contribution in [0, 0.1) is 5.41 Å². The summed E-state index contributed by atoms with van der Waals surface area (Å²) in [7, 11) is -2.53. The van der Waals surface area contributed by atoms with Crippen LogP contribution in [0.3, 0.4) is 0 Å². The van der Waals surface area contributed by atoms with Crippen molar-refractivity contribution in [3.63, 3.8) is 0 Å². The van der Waals surface area contributed by atoms with E-state index in [4.69, 9.17) is 19.3 Å². The van der Waals surface area contributed by atoms with Gasteiger partial charge in [0, 0.05) is 24.4 Å². The molecule has 0 aromatic rings. The molecule has 0 spiro atoms. The molecule has 0 rings (SSSR count). The van der Waals surface area contributed by atoms with Gasteiger partial charge >= 0.3 is 8.25 Å². The van der Waals surface area contributed by atoms with Crippen molar-refractivity contribution in [2.75, 3.05) is 19.8 Å². The van der Waals surface area contributed by atoms with E-state index in [1.807, 2.05) is 13.8 Å². The van der Waals surface area contributed by atoms with Gasteiger partial charge in [-0.3, -0.25) is 0 Å². The molecule has 0 saturated carbocycles. The fourth-order valence-electron chi connectivity index (χ4n) is 2.60. The molecule has 1 unspecified atom stereocenters. The van der Waals surface area contributed by atoms with Crippen molar-refractivity contribution in [1.29, 1.82) is 0 Å². The van der Waals surface area contributed by atoms with Gasteiger partial charge in [-0.15, -0.1) is 9.42 Å². The van der Waals surface area contributed by atoms with Crippen LogP contribution in [0.15, 0.2) is 0 Å². The molecule has 0 radical (unpaired) electrons. The molecular formula is C17H36O5P+. The predicted molar refractivity (Wildman–Crippen MR) is 93.6 cm³/mol. The molecule has 23 heavy (non-hydrogen) atoms. The van der Waals surface area contributed by atoms with Crippen molar-refractivity contribution in [1.82, 2.24) is 0 Å². The Morgan fingerprint density at radius 2 is 1.39 bits per heavy atom. The largest absolute Gasteiger partial charge is 0.695 e. The Bertz CT molecular complexity index is 318. The average molecular weight is 351 g/mol. The summed E-state index contributed by atoms with van der Waals surface area (Å²) >= 11 is 0. The summed E-state index contributed by atoms with van der Waals surface area (Å²) < 4.78 is 21.3. The summed E-state index contributed by atoms with van der Waals surface area (Å²) in [5, 5.41) is 8.88.